The number of rotatable bonds is 11. The molecule has 1 fully saturated rings. The van der Waals surface area contributed by atoms with E-state index in [0.717, 1.165) is 31.7 Å². The number of methoxy groups -OCH3 is 1. The highest BCUT2D eigenvalue weighted by Gasteiger charge is 2.66. The summed E-state index contributed by atoms with van der Waals surface area (Å²) in [6.07, 6.45) is -0.397. The molecule has 1 spiro atoms. The molecule has 7 nitrogen and oxygen atoms in total. The Bertz CT molecular complexity index is 1750. The van der Waals surface area contributed by atoms with Crippen LogP contribution in [0.25, 0.3) is 0 Å². The molecule has 2 heterocycles. The van der Waals surface area contributed by atoms with E-state index in [0.29, 0.717) is 13.1 Å². The normalized spacial score (nSPS) is 21.8. The van der Waals surface area contributed by atoms with Crippen LogP contribution in [-0.4, -0.2) is 56.3 Å². The van der Waals surface area contributed by atoms with Gasteiger partial charge in [-0.2, -0.15) is 0 Å². The van der Waals surface area contributed by atoms with Crippen molar-refractivity contribution in [1.82, 2.24) is 4.90 Å². The van der Waals surface area contributed by atoms with Crippen molar-refractivity contribution >= 4 is 53.4 Å². The molecule has 4 atom stereocenters. The summed E-state index contributed by atoms with van der Waals surface area (Å²) in [5, 5.41) is 11.1. The van der Waals surface area contributed by atoms with Gasteiger partial charge in [0.25, 0.3) is 5.91 Å². The first-order chi connectivity index (χ1) is 23.1. The average Bonchev–Trinajstić information content (AvgIpc) is 3.52. The number of para-hydroxylation sites is 1. The number of fused-ring (bicyclic) bond motifs is 2. The molecule has 2 aliphatic heterocycles. The van der Waals surface area contributed by atoms with Crippen molar-refractivity contribution in [2.45, 2.75) is 56.8 Å². The van der Waals surface area contributed by atoms with Crippen molar-refractivity contribution in [2.24, 2.45) is 5.92 Å². The summed E-state index contributed by atoms with van der Waals surface area (Å²) in [4.78, 5) is 32.7. The predicted octanol–water partition coefficient (Wildman–Crippen LogP) is 6.47. The summed E-state index contributed by atoms with van der Waals surface area (Å²) < 4.78 is 13.8. The van der Waals surface area contributed by atoms with E-state index in [1.807, 2.05) is 71.6 Å². The zero-order valence-electron chi connectivity index (χ0n) is 27.9. The number of anilines is 1. The molecule has 6 rings (SSSR count). The number of benzene rings is 4. The van der Waals surface area contributed by atoms with Gasteiger partial charge in [0.15, 0.2) is 5.60 Å². The minimum Gasteiger partial charge on any atom is -0.497 e. The van der Waals surface area contributed by atoms with E-state index in [-0.39, 0.29) is 42.8 Å². The number of hydrogen-bond donors (Lipinski definition) is 1. The standard InChI is InChI=1S/C39H43IN2O5Si/c1-27-37(48(3,4)32-20-18-31(46-2)19-21-32)35(24-36(44)41(22-23-43)25-28-10-6-5-7-11-28)47-39(27)33-12-8-9-13-34(33)42(38(39)45)26-29-14-16-30(40)17-15-29/h5-21,27,35,37,43H,22-26H2,1-4H3/t27-,35+,37-,39+/m1/s1. The fraction of sp³-hybridized carbons (Fsp3) is 0.333. The van der Waals surface area contributed by atoms with Crippen LogP contribution in [0, 0.1) is 9.49 Å². The summed E-state index contributed by atoms with van der Waals surface area (Å²) >= 11 is 2.29. The molecule has 48 heavy (non-hydrogen) atoms. The van der Waals surface area contributed by atoms with Crippen LogP contribution in [-0.2, 0) is 33.0 Å². The summed E-state index contributed by atoms with van der Waals surface area (Å²) in [6, 6.07) is 34.3. The molecule has 1 saturated heterocycles. The molecular formula is C39H43IN2O5Si. The van der Waals surface area contributed by atoms with Gasteiger partial charge in [-0.3, -0.25) is 9.59 Å². The van der Waals surface area contributed by atoms with Crippen LogP contribution in [0.15, 0.2) is 103 Å². The summed E-state index contributed by atoms with van der Waals surface area (Å²) in [5.41, 5.74) is 2.45. The monoisotopic (exact) mass is 774 g/mol. The first-order valence-corrected chi connectivity index (χ1v) is 20.7. The molecule has 0 saturated carbocycles. The Balaban J connectivity index is 1.40. The zero-order valence-corrected chi connectivity index (χ0v) is 31.1. The second kappa shape index (κ2) is 14.1. The number of ether oxygens (including phenoxy) is 2. The predicted molar refractivity (Wildman–Crippen MR) is 200 cm³/mol. The van der Waals surface area contributed by atoms with Crippen molar-refractivity contribution in [3.63, 3.8) is 0 Å². The Labute approximate surface area is 298 Å². The fourth-order valence-corrected chi connectivity index (χ4v) is 12.3. The molecule has 0 radical (unpaired) electrons. The molecule has 0 aliphatic carbocycles. The quantitative estimate of drug-likeness (QED) is 0.140. The second-order valence-electron chi connectivity index (χ2n) is 13.4. The molecular weight excluding hydrogens is 731 g/mol. The Morgan fingerprint density at radius 1 is 0.958 bits per heavy atom. The number of carbonyl (C=O) groups excluding carboxylic acids is 2. The number of aliphatic hydroxyl groups is 1. The van der Waals surface area contributed by atoms with Gasteiger partial charge in [0.2, 0.25) is 5.91 Å². The van der Waals surface area contributed by atoms with Crippen LogP contribution < -0.4 is 14.8 Å². The van der Waals surface area contributed by atoms with Gasteiger partial charge < -0.3 is 24.4 Å². The van der Waals surface area contributed by atoms with E-state index in [2.05, 4.69) is 79.0 Å². The van der Waals surface area contributed by atoms with E-state index in [4.69, 9.17) is 9.47 Å². The highest BCUT2D eigenvalue weighted by Crippen LogP contribution is 2.60. The minimum absolute atomic E-state index is 0.0715. The molecule has 4 aromatic rings. The number of halogens is 1. The lowest BCUT2D eigenvalue weighted by molar-refractivity contribution is -0.150. The van der Waals surface area contributed by atoms with E-state index in [1.165, 1.54) is 5.19 Å². The van der Waals surface area contributed by atoms with Crippen LogP contribution in [0.5, 0.6) is 5.75 Å². The van der Waals surface area contributed by atoms with Crippen LogP contribution >= 0.6 is 22.6 Å². The van der Waals surface area contributed by atoms with Crippen molar-refractivity contribution in [2.75, 3.05) is 25.2 Å². The number of amides is 2. The average molecular weight is 775 g/mol. The molecule has 0 unspecified atom stereocenters. The first-order valence-electron chi connectivity index (χ1n) is 16.5. The van der Waals surface area contributed by atoms with Crippen molar-refractivity contribution in [1.29, 1.82) is 0 Å². The van der Waals surface area contributed by atoms with E-state index < -0.39 is 19.8 Å². The highest BCUT2D eigenvalue weighted by atomic mass is 127. The van der Waals surface area contributed by atoms with E-state index >= 15 is 0 Å². The van der Waals surface area contributed by atoms with Crippen molar-refractivity contribution in [3.05, 3.63) is 123 Å². The van der Waals surface area contributed by atoms with Crippen molar-refractivity contribution < 1.29 is 24.2 Å². The molecule has 9 heteroatoms. The molecule has 250 valence electrons. The molecule has 1 N–H and O–H groups in total. The number of carbonyl (C=O) groups is 2. The minimum atomic E-state index is -2.42. The third-order valence-corrected chi connectivity index (χ3v) is 15.4. The fourth-order valence-electron chi connectivity index (χ4n) is 7.91. The van der Waals surface area contributed by atoms with Crippen LogP contribution in [0.4, 0.5) is 5.69 Å². The SMILES string of the molecule is COc1ccc([Si](C)(C)[C@H]2[C@H](CC(=O)N(CCO)Cc3ccccc3)O[C@@]3(C(=O)N(Cc4ccc(I)cc4)c4ccccc43)[C@@H]2C)cc1. The third kappa shape index (κ3) is 6.33. The van der Waals surface area contributed by atoms with Gasteiger partial charge in [0.05, 0.1) is 46.5 Å². The van der Waals surface area contributed by atoms with Crippen LogP contribution in [0.3, 0.4) is 0 Å². The number of aliphatic hydroxyl groups excluding tert-OH is 1. The van der Waals surface area contributed by atoms with Crippen LogP contribution in [0.1, 0.15) is 30.0 Å². The van der Waals surface area contributed by atoms with Gasteiger partial charge in [-0.1, -0.05) is 98.0 Å². The maximum absolute atomic E-state index is 14.9. The number of hydrogen-bond acceptors (Lipinski definition) is 5. The van der Waals surface area contributed by atoms with Gasteiger partial charge in [0.1, 0.15) is 5.75 Å². The third-order valence-electron chi connectivity index (χ3n) is 10.3. The molecule has 4 aromatic carbocycles. The maximum atomic E-state index is 14.9. The molecule has 2 aliphatic rings. The maximum Gasteiger partial charge on any atom is 0.264 e. The van der Waals surface area contributed by atoms with Gasteiger partial charge in [-0.15, -0.1) is 0 Å². The Hall–Kier alpha value is -3.51. The topological polar surface area (TPSA) is 79.3 Å². The smallest absolute Gasteiger partial charge is 0.264 e. The van der Waals surface area contributed by atoms with E-state index in [9.17, 15) is 14.7 Å². The summed E-state index contributed by atoms with van der Waals surface area (Å²) in [7, 11) is -0.760. The Morgan fingerprint density at radius 3 is 2.29 bits per heavy atom. The second-order valence-corrected chi connectivity index (χ2v) is 19.4. The first kappa shape index (κ1) is 34.4. The highest BCUT2D eigenvalue weighted by molar-refractivity contribution is 14.1. The largest absolute Gasteiger partial charge is 0.497 e. The summed E-state index contributed by atoms with van der Waals surface area (Å²) in [6.45, 7) is 7.69. The lowest BCUT2D eigenvalue weighted by Crippen LogP contribution is -2.52. The van der Waals surface area contributed by atoms with Gasteiger partial charge in [-0.05, 0) is 69.6 Å². The Morgan fingerprint density at radius 2 is 1.62 bits per heavy atom. The summed E-state index contributed by atoms with van der Waals surface area (Å²) in [5.74, 6) is 0.399. The van der Waals surface area contributed by atoms with E-state index in [1.54, 1.807) is 12.0 Å². The van der Waals surface area contributed by atoms with Crippen LogP contribution in [0.2, 0.25) is 18.6 Å². The van der Waals surface area contributed by atoms with Gasteiger partial charge in [0, 0.05) is 28.1 Å². The van der Waals surface area contributed by atoms with Gasteiger partial charge >= 0.3 is 0 Å². The Kier molecular flexibility index (Phi) is 10.1. The number of nitrogens with zero attached hydrogens (tertiary/aromatic N) is 2. The van der Waals surface area contributed by atoms with Crippen molar-refractivity contribution in [3.8, 4) is 5.75 Å². The molecule has 2 amide bonds. The lowest BCUT2D eigenvalue weighted by Gasteiger charge is -2.37. The van der Waals surface area contributed by atoms with Gasteiger partial charge in [-0.25, -0.2) is 0 Å². The lowest BCUT2D eigenvalue weighted by atomic mass is 9.82. The molecule has 0 aromatic heterocycles. The zero-order chi connectivity index (χ0) is 34.1. The molecule has 0 bridgehead atoms.